The number of carbonyl (C=O) groups excluding carboxylic acids is 1. The summed E-state index contributed by atoms with van der Waals surface area (Å²) in [5.74, 6) is 0.704. The number of amides is 1. The summed E-state index contributed by atoms with van der Waals surface area (Å²) in [5, 5.41) is 3.26. The highest BCUT2D eigenvalue weighted by atomic mass is 32.2. The van der Waals surface area contributed by atoms with Crippen LogP contribution in [0.15, 0.2) is 0 Å². The second kappa shape index (κ2) is 6.22. The largest absolute Gasteiger partial charge is 0.342 e. The molecule has 0 spiro atoms. The summed E-state index contributed by atoms with van der Waals surface area (Å²) in [6, 6.07) is 0. The second-order valence-corrected chi connectivity index (χ2v) is 8.09. The number of hydrogen-bond acceptors (Lipinski definition) is 4. The van der Waals surface area contributed by atoms with Gasteiger partial charge in [0, 0.05) is 25.3 Å². The first-order chi connectivity index (χ1) is 8.96. The Bertz CT molecular complexity index is 416. The highest BCUT2D eigenvalue weighted by Gasteiger charge is 2.30. The van der Waals surface area contributed by atoms with Crippen LogP contribution in [0.1, 0.15) is 25.7 Å². The monoisotopic (exact) mass is 288 g/mol. The number of likely N-dealkylation sites (tertiary alicyclic amines) is 1. The summed E-state index contributed by atoms with van der Waals surface area (Å²) in [4.78, 5) is 14.3. The number of nitrogens with zero attached hydrogens (tertiary/aromatic N) is 1. The van der Waals surface area contributed by atoms with Crippen molar-refractivity contribution < 1.29 is 13.2 Å². The van der Waals surface area contributed by atoms with E-state index in [4.69, 9.17) is 0 Å². The fourth-order valence-electron chi connectivity index (χ4n) is 3.16. The van der Waals surface area contributed by atoms with E-state index in [1.165, 1.54) is 6.26 Å². The molecule has 1 N–H and O–H groups in total. The summed E-state index contributed by atoms with van der Waals surface area (Å²) in [6.07, 6.45) is 4.94. The molecule has 0 aromatic rings. The van der Waals surface area contributed by atoms with Crippen molar-refractivity contribution in [2.24, 2.45) is 11.8 Å². The van der Waals surface area contributed by atoms with Gasteiger partial charge in [-0.1, -0.05) is 0 Å². The first-order valence-corrected chi connectivity index (χ1v) is 9.19. The SMILES string of the molecule is CS(=O)(=O)C[C@@H]1CCCN(C(=O)C2CCNCC2)C1. The van der Waals surface area contributed by atoms with Gasteiger partial charge >= 0.3 is 0 Å². The van der Waals surface area contributed by atoms with Crippen LogP contribution >= 0.6 is 0 Å². The third-order valence-electron chi connectivity index (χ3n) is 4.06. The van der Waals surface area contributed by atoms with Crippen LogP contribution in [0.2, 0.25) is 0 Å². The van der Waals surface area contributed by atoms with E-state index in [0.29, 0.717) is 6.54 Å². The van der Waals surface area contributed by atoms with Crippen LogP contribution in [0.5, 0.6) is 0 Å². The van der Waals surface area contributed by atoms with E-state index in [0.717, 1.165) is 45.3 Å². The summed E-state index contributed by atoms with van der Waals surface area (Å²) < 4.78 is 22.7. The Morgan fingerprint density at radius 1 is 1.26 bits per heavy atom. The molecule has 0 saturated carbocycles. The Kier molecular flexibility index (Phi) is 4.84. The number of hydrogen-bond donors (Lipinski definition) is 1. The molecule has 1 amide bonds. The Morgan fingerprint density at radius 2 is 1.95 bits per heavy atom. The minimum atomic E-state index is -2.95. The zero-order chi connectivity index (χ0) is 13.9. The van der Waals surface area contributed by atoms with Gasteiger partial charge in [0.1, 0.15) is 9.84 Å². The molecule has 0 aromatic carbocycles. The van der Waals surface area contributed by atoms with Crippen molar-refractivity contribution >= 4 is 15.7 Å². The molecule has 2 aliphatic rings. The van der Waals surface area contributed by atoms with Gasteiger partial charge in [-0.05, 0) is 44.7 Å². The van der Waals surface area contributed by atoms with E-state index in [2.05, 4.69) is 5.32 Å². The van der Waals surface area contributed by atoms with Crippen LogP contribution in [0, 0.1) is 11.8 Å². The number of nitrogens with one attached hydrogen (secondary N) is 1. The van der Waals surface area contributed by atoms with Crippen molar-refractivity contribution in [1.82, 2.24) is 10.2 Å². The fraction of sp³-hybridized carbons (Fsp3) is 0.923. The number of rotatable bonds is 3. The zero-order valence-corrected chi connectivity index (χ0v) is 12.4. The lowest BCUT2D eigenvalue weighted by molar-refractivity contribution is -0.138. The molecule has 110 valence electrons. The van der Waals surface area contributed by atoms with Crippen LogP contribution in [0.4, 0.5) is 0 Å². The van der Waals surface area contributed by atoms with Gasteiger partial charge in [-0.25, -0.2) is 8.42 Å². The topological polar surface area (TPSA) is 66.5 Å². The Hall–Kier alpha value is -0.620. The molecule has 2 saturated heterocycles. The fourth-order valence-corrected chi connectivity index (χ4v) is 4.28. The first kappa shape index (κ1) is 14.8. The molecule has 0 radical (unpaired) electrons. The van der Waals surface area contributed by atoms with E-state index in [-0.39, 0.29) is 23.5 Å². The Morgan fingerprint density at radius 3 is 2.58 bits per heavy atom. The number of sulfone groups is 1. The van der Waals surface area contributed by atoms with Gasteiger partial charge in [-0.2, -0.15) is 0 Å². The lowest BCUT2D eigenvalue weighted by atomic mass is 9.93. The van der Waals surface area contributed by atoms with E-state index in [1.54, 1.807) is 0 Å². The van der Waals surface area contributed by atoms with E-state index < -0.39 is 9.84 Å². The Labute approximate surface area is 115 Å². The first-order valence-electron chi connectivity index (χ1n) is 7.13. The van der Waals surface area contributed by atoms with Crippen molar-refractivity contribution in [2.75, 3.05) is 38.2 Å². The quantitative estimate of drug-likeness (QED) is 0.809. The van der Waals surface area contributed by atoms with Gasteiger partial charge in [0.25, 0.3) is 0 Å². The van der Waals surface area contributed by atoms with Gasteiger partial charge in [-0.15, -0.1) is 0 Å². The lowest BCUT2D eigenvalue weighted by Gasteiger charge is -2.35. The van der Waals surface area contributed by atoms with Crippen LogP contribution in [0.25, 0.3) is 0 Å². The highest BCUT2D eigenvalue weighted by Crippen LogP contribution is 2.22. The standard InChI is InChI=1S/C13H24N2O3S/c1-19(17,18)10-11-3-2-8-15(9-11)13(16)12-4-6-14-7-5-12/h11-12,14H,2-10H2,1H3/t11-/m1/s1. The molecule has 0 aromatic heterocycles. The van der Waals surface area contributed by atoms with Gasteiger partial charge in [-0.3, -0.25) is 4.79 Å². The molecule has 0 aliphatic carbocycles. The predicted molar refractivity (Wildman–Crippen MR) is 74.6 cm³/mol. The van der Waals surface area contributed by atoms with Crippen molar-refractivity contribution in [3.63, 3.8) is 0 Å². The van der Waals surface area contributed by atoms with Gasteiger partial charge in [0.05, 0.1) is 5.75 Å². The lowest BCUT2D eigenvalue weighted by Crippen LogP contribution is -2.46. The van der Waals surface area contributed by atoms with E-state index in [1.807, 2.05) is 4.90 Å². The molecule has 0 bridgehead atoms. The predicted octanol–water partition coefficient (Wildman–Crippen LogP) is 0.269. The highest BCUT2D eigenvalue weighted by molar-refractivity contribution is 7.90. The second-order valence-electron chi connectivity index (χ2n) is 5.91. The maximum Gasteiger partial charge on any atom is 0.225 e. The molecule has 2 fully saturated rings. The third kappa shape index (κ3) is 4.45. The minimum Gasteiger partial charge on any atom is -0.342 e. The van der Waals surface area contributed by atoms with E-state index in [9.17, 15) is 13.2 Å². The molecule has 2 heterocycles. The molecule has 6 heteroatoms. The van der Waals surface area contributed by atoms with Crippen molar-refractivity contribution in [3.05, 3.63) is 0 Å². The summed E-state index contributed by atoms with van der Waals surface area (Å²) in [5.41, 5.74) is 0. The van der Waals surface area contributed by atoms with Gasteiger partial charge < -0.3 is 10.2 Å². The van der Waals surface area contributed by atoms with Crippen molar-refractivity contribution in [2.45, 2.75) is 25.7 Å². The van der Waals surface area contributed by atoms with Gasteiger partial charge in [0.2, 0.25) is 5.91 Å². The molecule has 2 aliphatic heterocycles. The average Bonchev–Trinajstić information content (AvgIpc) is 2.37. The molecular formula is C13H24N2O3S. The van der Waals surface area contributed by atoms with Crippen LogP contribution in [-0.2, 0) is 14.6 Å². The summed E-state index contributed by atoms with van der Waals surface area (Å²) in [6.45, 7) is 3.24. The molecule has 1 atom stereocenters. The number of piperidine rings is 2. The molecule has 0 unspecified atom stereocenters. The molecule has 2 rings (SSSR count). The van der Waals surface area contributed by atoms with Crippen LogP contribution < -0.4 is 5.32 Å². The average molecular weight is 288 g/mol. The normalized spacial score (nSPS) is 26.4. The third-order valence-corrected chi connectivity index (χ3v) is 5.13. The van der Waals surface area contributed by atoms with Crippen LogP contribution in [-0.4, -0.2) is 57.4 Å². The zero-order valence-electron chi connectivity index (χ0n) is 11.6. The molecular weight excluding hydrogens is 264 g/mol. The number of carbonyl (C=O) groups is 1. The summed E-state index contributed by atoms with van der Waals surface area (Å²) >= 11 is 0. The maximum absolute atomic E-state index is 12.4. The summed E-state index contributed by atoms with van der Waals surface area (Å²) in [7, 11) is -2.95. The smallest absolute Gasteiger partial charge is 0.225 e. The van der Waals surface area contributed by atoms with E-state index >= 15 is 0 Å². The van der Waals surface area contributed by atoms with Gasteiger partial charge in [0.15, 0.2) is 0 Å². The van der Waals surface area contributed by atoms with Crippen molar-refractivity contribution in [3.8, 4) is 0 Å². The molecule has 5 nitrogen and oxygen atoms in total. The van der Waals surface area contributed by atoms with Crippen molar-refractivity contribution in [1.29, 1.82) is 0 Å². The minimum absolute atomic E-state index is 0.120. The van der Waals surface area contributed by atoms with Crippen LogP contribution in [0.3, 0.4) is 0 Å². The Balaban J connectivity index is 1.91. The molecule has 19 heavy (non-hydrogen) atoms. The maximum atomic E-state index is 12.4.